The molecule has 138 valence electrons. The minimum Gasteiger partial charge on any atom is -0.348 e. The quantitative estimate of drug-likeness (QED) is 0.660. The topological polar surface area (TPSA) is 37.3 Å². The molecule has 0 saturated carbocycles. The fourth-order valence-electron chi connectivity index (χ4n) is 3.63. The number of halogens is 1. The number of anilines is 1. The van der Waals surface area contributed by atoms with E-state index in [-0.39, 0.29) is 12.1 Å². The summed E-state index contributed by atoms with van der Waals surface area (Å²) in [6.45, 7) is 3.42. The fraction of sp³-hybridized carbons (Fsp3) is 0.227. The maximum Gasteiger partial charge on any atom is 0.322 e. The van der Waals surface area contributed by atoms with Gasteiger partial charge in [0.15, 0.2) is 0 Å². The van der Waals surface area contributed by atoms with Crippen LogP contribution in [0.15, 0.2) is 66.9 Å². The van der Waals surface area contributed by atoms with Crippen molar-refractivity contribution < 1.29 is 4.79 Å². The van der Waals surface area contributed by atoms with E-state index in [9.17, 15) is 4.79 Å². The van der Waals surface area contributed by atoms with Gasteiger partial charge in [0.25, 0.3) is 0 Å². The first-order valence-corrected chi connectivity index (χ1v) is 9.52. The Labute approximate surface area is 164 Å². The molecular formula is C22H22ClN3O. The molecule has 5 heteroatoms. The first-order valence-electron chi connectivity index (χ1n) is 9.14. The number of aromatic nitrogens is 1. The number of nitrogens with one attached hydrogen (secondary N) is 1. The zero-order chi connectivity index (χ0) is 18.8. The summed E-state index contributed by atoms with van der Waals surface area (Å²) in [5.74, 6) is 0. The van der Waals surface area contributed by atoms with Crippen LogP contribution in [-0.4, -0.2) is 22.0 Å². The SMILES string of the molecule is Cc1ccc(NC(=O)N2CCn3cccc3[C@@H]2Cc2ccccc2)cc1Cl. The lowest BCUT2D eigenvalue weighted by Crippen LogP contribution is -2.44. The van der Waals surface area contributed by atoms with Crippen LogP contribution in [0, 0.1) is 6.92 Å². The van der Waals surface area contributed by atoms with Crippen molar-refractivity contribution in [1.29, 1.82) is 0 Å². The smallest absolute Gasteiger partial charge is 0.322 e. The summed E-state index contributed by atoms with van der Waals surface area (Å²) in [5.41, 5.74) is 4.10. The highest BCUT2D eigenvalue weighted by atomic mass is 35.5. The third-order valence-corrected chi connectivity index (χ3v) is 5.53. The van der Waals surface area contributed by atoms with Crippen LogP contribution in [-0.2, 0) is 13.0 Å². The van der Waals surface area contributed by atoms with Crippen LogP contribution in [0.1, 0.15) is 22.9 Å². The van der Waals surface area contributed by atoms with Crippen LogP contribution in [0.2, 0.25) is 5.02 Å². The van der Waals surface area contributed by atoms with Crippen LogP contribution in [0.5, 0.6) is 0 Å². The minimum absolute atomic E-state index is 0.00271. The van der Waals surface area contributed by atoms with Crippen molar-refractivity contribution in [2.24, 2.45) is 0 Å². The number of fused-ring (bicyclic) bond motifs is 1. The summed E-state index contributed by atoms with van der Waals surface area (Å²) in [4.78, 5) is 15.0. The summed E-state index contributed by atoms with van der Waals surface area (Å²) in [6, 6.07) is 20.0. The van der Waals surface area contributed by atoms with Gasteiger partial charge in [-0.1, -0.05) is 48.0 Å². The van der Waals surface area contributed by atoms with Crippen molar-refractivity contribution in [3.8, 4) is 0 Å². The number of amides is 2. The van der Waals surface area contributed by atoms with Gasteiger partial charge in [-0.05, 0) is 48.7 Å². The standard InChI is InChI=1S/C22H22ClN3O/c1-16-9-10-18(15-19(16)23)24-22(27)26-13-12-25-11-5-8-20(25)21(26)14-17-6-3-2-4-7-17/h2-11,15,21H,12-14H2,1H3,(H,24,27)/t21-/m0/s1. The second-order valence-electron chi connectivity index (χ2n) is 6.92. The summed E-state index contributed by atoms with van der Waals surface area (Å²) in [7, 11) is 0. The Balaban J connectivity index is 1.59. The predicted molar refractivity (Wildman–Crippen MR) is 109 cm³/mol. The molecule has 2 aromatic carbocycles. The lowest BCUT2D eigenvalue weighted by Gasteiger charge is -2.37. The maximum absolute atomic E-state index is 13.1. The number of hydrogen-bond donors (Lipinski definition) is 1. The highest BCUT2D eigenvalue weighted by Crippen LogP contribution is 2.30. The number of rotatable bonds is 3. The Kier molecular flexibility index (Phi) is 4.90. The van der Waals surface area contributed by atoms with Crippen LogP contribution >= 0.6 is 11.6 Å². The van der Waals surface area contributed by atoms with Gasteiger partial charge in [0.1, 0.15) is 0 Å². The molecule has 3 aromatic rings. The lowest BCUT2D eigenvalue weighted by atomic mass is 10.0. The summed E-state index contributed by atoms with van der Waals surface area (Å²) in [5, 5.41) is 3.67. The zero-order valence-electron chi connectivity index (χ0n) is 15.2. The summed E-state index contributed by atoms with van der Waals surface area (Å²) in [6.07, 6.45) is 2.87. The molecule has 0 bridgehead atoms. The number of carbonyl (C=O) groups is 1. The van der Waals surface area contributed by atoms with Crippen molar-refractivity contribution in [1.82, 2.24) is 9.47 Å². The van der Waals surface area contributed by atoms with Crippen molar-refractivity contribution in [2.45, 2.75) is 25.9 Å². The van der Waals surface area contributed by atoms with E-state index in [4.69, 9.17) is 11.6 Å². The normalized spacial score (nSPS) is 16.1. The lowest BCUT2D eigenvalue weighted by molar-refractivity contribution is 0.167. The zero-order valence-corrected chi connectivity index (χ0v) is 16.0. The molecule has 0 fully saturated rings. The van der Waals surface area contributed by atoms with Gasteiger partial charge in [0.2, 0.25) is 0 Å². The molecule has 0 saturated heterocycles. The number of nitrogens with zero attached hydrogens (tertiary/aromatic N) is 2. The summed E-state index contributed by atoms with van der Waals surface area (Å²) < 4.78 is 2.24. The van der Waals surface area contributed by atoms with Gasteiger partial charge in [0.05, 0.1) is 6.04 Å². The first-order chi connectivity index (χ1) is 13.1. The Morgan fingerprint density at radius 2 is 1.93 bits per heavy atom. The van der Waals surface area contributed by atoms with E-state index in [0.717, 1.165) is 24.2 Å². The van der Waals surface area contributed by atoms with Crippen molar-refractivity contribution >= 4 is 23.3 Å². The largest absolute Gasteiger partial charge is 0.348 e. The molecule has 0 spiro atoms. The highest BCUT2D eigenvalue weighted by Gasteiger charge is 2.31. The molecule has 0 unspecified atom stereocenters. The Morgan fingerprint density at radius 1 is 1.11 bits per heavy atom. The van der Waals surface area contributed by atoms with Gasteiger partial charge in [-0.15, -0.1) is 0 Å². The number of urea groups is 1. The fourth-order valence-corrected chi connectivity index (χ4v) is 3.81. The van der Waals surface area contributed by atoms with E-state index in [0.29, 0.717) is 11.6 Å². The van der Waals surface area contributed by atoms with Crippen molar-refractivity contribution in [3.63, 3.8) is 0 Å². The van der Waals surface area contributed by atoms with Gasteiger partial charge in [-0.3, -0.25) is 0 Å². The van der Waals surface area contributed by atoms with Gasteiger partial charge in [-0.2, -0.15) is 0 Å². The molecule has 4 nitrogen and oxygen atoms in total. The van der Waals surface area contributed by atoms with E-state index >= 15 is 0 Å². The van der Waals surface area contributed by atoms with E-state index in [1.807, 2.05) is 42.2 Å². The van der Waals surface area contributed by atoms with Crippen molar-refractivity contribution in [3.05, 3.63) is 88.7 Å². The number of aryl methyl sites for hydroxylation is 1. The molecule has 1 atom stereocenters. The van der Waals surface area contributed by atoms with Gasteiger partial charge in [0, 0.05) is 35.7 Å². The molecule has 0 radical (unpaired) electrons. The Hall–Kier alpha value is -2.72. The number of carbonyl (C=O) groups excluding carboxylic acids is 1. The van der Waals surface area contributed by atoms with Crippen molar-refractivity contribution in [2.75, 3.05) is 11.9 Å². The molecule has 0 aliphatic carbocycles. The molecule has 2 amide bonds. The average molecular weight is 380 g/mol. The number of hydrogen-bond acceptors (Lipinski definition) is 1. The minimum atomic E-state index is -0.0942. The number of benzene rings is 2. The van der Waals surface area contributed by atoms with Gasteiger partial charge < -0.3 is 14.8 Å². The summed E-state index contributed by atoms with van der Waals surface area (Å²) >= 11 is 6.20. The molecule has 2 heterocycles. The van der Waals surface area contributed by atoms with E-state index in [1.165, 1.54) is 11.3 Å². The van der Waals surface area contributed by atoms with E-state index in [2.05, 4.69) is 40.3 Å². The Bertz CT molecular complexity index is 951. The first kappa shape index (κ1) is 17.7. The molecule has 1 N–H and O–H groups in total. The molecule has 1 aromatic heterocycles. The second-order valence-corrected chi connectivity index (χ2v) is 7.33. The van der Waals surface area contributed by atoms with E-state index < -0.39 is 0 Å². The molecule has 27 heavy (non-hydrogen) atoms. The van der Waals surface area contributed by atoms with Crippen LogP contribution < -0.4 is 5.32 Å². The molecule has 1 aliphatic heterocycles. The second kappa shape index (κ2) is 7.49. The average Bonchev–Trinajstić information content (AvgIpc) is 3.15. The van der Waals surface area contributed by atoms with Crippen LogP contribution in [0.3, 0.4) is 0 Å². The third-order valence-electron chi connectivity index (χ3n) is 5.12. The monoisotopic (exact) mass is 379 g/mol. The van der Waals surface area contributed by atoms with Gasteiger partial charge >= 0.3 is 6.03 Å². The van der Waals surface area contributed by atoms with Crippen LogP contribution in [0.25, 0.3) is 0 Å². The van der Waals surface area contributed by atoms with E-state index in [1.54, 1.807) is 6.07 Å². The highest BCUT2D eigenvalue weighted by molar-refractivity contribution is 6.31. The maximum atomic E-state index is 13.1. The molecule has 1 aliphatic rings. The third kappa shape index (κ3) is 3.71. The predicted octanol–water partition coefficient (Wildman–Crippen LogP) is 5.28. The Morgan fingerprint density at radius 3 is 2.70 bits per heavy atom. The molecular weight excluding hydrogens is 358 g/mol. The molecule has 4 rings (SSSR count). The van der Waals surface area contributed by atoms with Gasteiger partial charge in [-0.25, -0.2) is 4.79 Å². The van der Waals surface area contributed by atoms with Crippen LogP contribution in [0.4, 0.5) is 10.5 Å².